The number of amides is 1. The third-order valence-electron chi connectivity index (χ3n) is 4.53. The van der Waals surface area contributed by atoms with Crippen molar-refractivity contribution in [1.29, 1.82) is 0 Å². The number of aromatic nitrogens is 2. The maximum absolute atomic E-state index is 12.9. The second kappa shape index (κ2) is 7.40. The predicted molar refractivity (Wildman–Crippen MR) is 96.7 cm³/mol. The van der Waals surface area contributed by atoms with Gasteiger partial charge in [0.05, 0.1) is 18.9 Å². The summed E-state index contributed by atoms with van der Waals surface area (Å²) in [6.07, 6.45) is 3.62. The topological polar surface area (TPSA) is 55.3 Å². The molecular formula is C20H24FN3O2. The maximum Gasteiger partial charge on any atom is 0.316 e. The summed E-state index contributed by atoms with van der Waals surface area (Å²) in [6, 6.07) is 7.93. The normalized spacial score (nSPS) is 17.8. The number of rotatable bonds is 3. The Hall–Kier alpha value is -2.50. The summed E-state index contributed by atoms with van der Waals surface area (Å²) < 4.78 is 18.6. The lowest BCUT2D eigenvalue weighted by molar-refractivity contribution is 0.0515. The van der Waals surface area contributed by atoms with E-state index < -0.39 is 5.82 Å². The van der Waals surface area contributed by atoms with E-state index in [-0.39, 0.29) is 23.4 Å². The molecule has 1 atom stereocenters. The van der Waals surface area contributed by atoms with Crippen LogP contribution in [0.2, 0.25) is 0 Å². The van der Waals surface area contributed by atoms with Gasteiger partial charge in [-0.1, -0.05) is 32.9 Å². The fourth-order valence-corrected chi connectivity index (χ4v) is 3.02. The summed E-state index contributed by atoms with van der Waals surface area (Å²) in [4.78, 5) is 22.2. The SMILES string of the molecule is CC(C)(C)c1ccc(C(=O)N2CCC[C@@H](Oc3ncc(F)cn3)C2)cc1. The molecule has 0 unspecified atom stereocenters. The van der Waals surface area contributed by atoms with Crippen LogP contribution in [0.15, 0.2) is 36.7 Å². The van der Waals surface area contributed by atoms with Gasteiger partial charge in [0.15, 0.2) is 5.82 Å². The van der Waals surface area contributed by atoms with Gasteiger partial charge in [0.2, 0.25) is 0 Å². The summed E-state index contributed by atoms with van der Waals surface area (Å²) in [5.41, 5.74) is 1.93. The highest BCUT2D eigenvalue weighted by atomic mass is 19.1. The third kappa shape index (κ3) is 4.36. The molecule has 1 aromatic carbocycles. The van der Waals surface area contributed by atoms with Crippen LogP contribution in [0.4, 0.5) is 4.39 Å². The number of hydrogen-bond donors (Lipinski definition) is 0. The number of carbonyl (C=O) groups excluding carboxylic acids is 1. The average molecular weight is 357 g/mol. The van der Waals surface area contributed by atoms with Crippen molar-refractivity contribution in [2.45, 2.75) is 45.1 Å². The van der Waals surface area contributed by atoms with Crippen molar-refractivity contribution >= 4 is 5.91 Å². The zero-order chi connectivity index (χ0) is 18.7. The van der Waals surface area contributed by atoms with Gasteiger partial charge in [-0.2, -0.15) is 0 Å². The minimum absolute atomic E-state index is 0.00113. The van der Waals surface area contributed by atoms with Crippen LogP contribution in [-0.2, 0) is 5.41 Å². The Bertz CT molecular complexity index is 754. The number of likely N-dealkylation sites (tertiary alicyclic amines) is 1. The number of benzene rings is 1. The van der Waals surface area contributed by atoms with Crippen molar-refractivity contribution in [3.8, 4) is 6.01 Å². The second-order valence-corrected chi connectivity index (χ2v) is 7.64. The largest absolute Gasteiger partial charge is 0.458 e. The molecule has 0 radical (unpaired) electrons. The number of carbonyl (C=O) groups is 1. The molecule has 0 aliphatic carbocycles. The summed E-state index contributed by atoms with van der Waals surface area (Å²) in [7, 11) is 0. The number of hydrogen-bond acceptors (Lipinski definition) is 4. The zero-order valence-electron chi connectivity index (χ0n) is 15.4. The van der Waals surface area contributed by atoms with Crippen LogP contribution in [0.25, 0.3) is 0 Å². The zero-order valence-corrected chi connectivity index (χ0v) is 15.4. The minimum Gasteiger partial charge on any atom is -0.458 e. The lowest BCUT2D eigenvalue weighted by Crippen LogP contribution is -2.44. The van der Waals surface area contributed by atoms with E-state index in [2.05, 4.69) is 30.7 Å². The molecule has 1 aromatic heterocycles. The lowest BCUT2D eigenvalue weighted by atomic mass is 9.86. The van der Waals surface area contributed by atoms with Gasteiger partial charge >= 0.3 is 6.01 Å². The molecule has 1 fully saturated rings. The molecule has 0 N–H and O–H groups in total. The Morgan fingerprint density at radius 3 is 2.46 bits per heavy atom. The van der Waals surface area contributed by atoms with Crippen molar-refractivity contribution in [2.24, 2.45) is 0 Å². The first kappa shape index (κ1) is 18.3. The van der Waals surface area contributed by atoms with Crippen LogP contribution in [0.1, 0.15) is 49.5 Å². The first-order valence-electron chi connectivity index (χ1n) is 8.87. The molecule has 3 rings (SSSR count). The highest BCUT2D eigenvalue weighted by Crippen LogP contribution is 2.23. The molecular weight excluding hydrogens is 333 g/mol. The van der Waals surface area contributed by atoms with Crippen molar-refractivity contribution in [3.63, 3.8) is 0 Å². The quantitative estimate of drug-likeness (QED) is 0.842. The van der Waals surface area contributed by atoms with Gasteiger partial charge in [-0.15, -0.1) is 0 Å². The van der Waals surface area contributed by atoms with Gasteiger partial charge in [0.1, 0.15) is 6.10 Å². The highest BCUT2D eigenvalue weighted by molar-refractivity contribution is 5.94. The van der Waals surface area contributed by atoms with E-state index in [1.165, 1.54) is 5.56 Å². The number of nitrogens with zero attached hydrogens (tertiary/aromatic N) is 3. The van der Waals surface area contributed by atoms with E-state index in [9.17, 15) is 9.18 Å². The summed E-state index contributed by atoms with van der Waals surface area (Å²) in [5.74, 6) is -0.504. The van der Waals surface area contributed by atoms with Crippen LogP contribution in [-0.4, -0.2) is 40.0 Å². The molecule has 1 aliphatic rings. The van der Waals surface area contributed by atoms with Gasteiger partial charge in [-0.05, 0) is 36.0 Å². The summed E-state index contributed by atoms with van der Waals surface area (Å²) in [6.45, 7) is 7.61. The maximum atomic E-state index is 12.9. The van der Waals surface area contributed by atoms with Crippen LogP contribution in [0, 0.1) is 5.82 Å². The monoisotopic (exact) mass is 357 g/mol. The molecule has 2 aromatic rings. The number of piperidine rings is 1. The van der Waals surface area contributed by atoms with Gasteiger partial charge < -0.3 is 9.64 Å². The molecule has 5 nitrogen and oxygen atoms in total. The van der Waals surface area contributed by atoms with Gasteiger partial charge in [0, 0.05) is 12.1 Å². The van der Waals surface area contributed by atoms with Crippen LogP contribution in [0.5, 0.6) is 6.01 Å². The fraction of sp³-hybridized carbons (Fsp3) is 0.450. The van der Waals surface area contributed by atoms with E-state index in [0.29, 0.717) is 18.7 Å². The number of ether oxygens (including phenoxy) is 1. The van der Waals surface area contributed by atoms with Gasteiger partial charge in [-0.25, -0.2) is 14.4 Å². The van der Waals surface area contributed by atoms with Crippen molar-refractivity contribution in [2.75, 3.05) is 13.1 Å². The molecule has 0 saturated carbocycles. The van der Waals surface area contributed by atoms with E-state index >= 15 is 0 Å². The van der Waals surface area contributed by atoms with Crippen molar-refractivity contribution in [3.05, 3.63) is 53.6 Å². The van der Waals surface area contributed by atoms with Crippen LogP contribution >= 0.6 is 0 Å². The molecule has 6 heteroatoms. The Morgan fingerprint density at radius 1 is 1.19 bits per heavy atom. The number of halogens is 1. The first-order valence-corrected chi connectivity index (χ1v) is 8.87. The molecule has 0 spiro atoms. The smallest absolute Gasteiger partial charge is 0.316 e. The lowest BCUT2D eigenvalue weighted by Gasteiger charge is -2.32. The Labute approximate surface area is 153 Å². The summed E-state index contributed by atoms with van der Waals surface area (Å²) >= 11 is 0. The average Bonchev–Trinajstić information content (AvgIpc) is 2.63. The standard InChI is InChI=1S/C20H24FN3O2/c1-20(2,3)15-8-6-14(7-9-15)18(25)24-10-4-5-17(13-24)26-19-22-11-16(21)12-23-19/h6-9,11-12,17H,4-5,10,13H2,1-3H3/t17-/m1/s1. The van der Waals surface area contributed by atoms with Crippen molar-refractivity contribution in [1.82, 2.24) is 14.9 Å². The minimum atomic E-state index is -0.503. The van der Waals surface area contributed by atoms with Crippen molar-refractivity contribution < 1.29 is 13.9 Å². The highest BCUT2D eigenvalue weighted by Gasteiger charge is 2.26. The molecule has 2 heterocycles. The molecule has 1 saturated heterocycles. The molecule has 1 amide bonds. The fourth-order valence-electron chi connectivity index (χ4n) is 3.02. The molecule has 138 valence electrons. The van der Waals surface area contributed by atoms with E-state index in [4.69, 9.17) is 4.74 Å². The Balaban J connectivity index is 1.65. The molecule has 26 heavy (non-hydrogen) atoms. The van der Waals surface area contributed by atoms with E-state index in [0.717, 1.165) is 25.2 Å². The predicted octanol–water partition coefficient (Wildman–Crippen LogP) is 3.60. The Morgan fingerprint density at radius 2 is 1.85 bits per heavy atom. The van der Waals surface area contributed by atoms with E-state index in [1.807, 2.05) is 24.3 Å². The Kier molecular flexibility index (Phi) is 5.20. The molecule has 0 bridgehead atoms. The second-order valence-electron chi connectivity index (χ2n) is 7.64. The first-order chi connectivity index (χ1) is 12.3. The van der Waals surface area contributed by atoms with Gasteiger partial charge in [-0.3, -0.25) is 4.79 Å². The van der Waals surface area contributed by atoms with Gasteiger partial charge in [0.25, 0.3) is 5.91 Å². The van der Waals surface area contributed by atoms with E-state index in [1.54, 1.807) is 4.90 Å². The third-order valence-corrected chi connectivity index (χ3v) is 4.53. The van der Waals surface area contributed by atoms with Crippen LogP contribution < -0.4 is 4.74 Å². The van der Waals surface area contributed by atoms with Crippen LogP contribution in [0.3, 0.4) is 0 Å². The summed E-state index contributed by atoms with van der Waals surface area (Å²) in [5, 5.41) is 0. The molecule has 1 aliphatic heterocycles.